The molecule has 0 aliphatic rings. The molecule has 0 heterocycles. The number of carboxylic acid groups (broad SMARTS) is 1. The van der Waals surface area contributed by atoms with E-state index in [9.17, 15) is 4.79 Å². The van der Waals surface area contributed by atoms with Crippen molar-refractivity contribution in [2.75, 3.05) is 0 Å². The van der Waals surface area contributed by atoms with Crippen LogP contribution in [0.3, 0.4) is 0 Å². The lowest BCUT2D eigenvalue weighted by molar-refractivity contribution is -0.132. The van der Waals surface area contributed by atoms with Crippen molar-refractivity contribution in [3.05, 3.63) is 11.9 Å². The lowest BCUT2D eigenvalue weighted by Gasteiger charge is -1.88. The van der Waals surface area contributed by atoms with Crippen molar-refractivity contribution in [1.82, 2.24) is 0 Å². The molecule has 0 aliphatic heterocycles. The number of aliphatic carboxylic acids is 1. The number of aliphatic imine (C=N–C) groups is 2. The fourth-order valence-corrected chi connectivity index (χ4v) is 0.369. The number of rotatable bonds is 3. The van der Waals surface area contributed by atoms with Crippen LogP contribution in [-0.4, -0.2) is 24.0 Å². The molecule has 0 saturated carbocycles. The first-order chi connectivity index (χ1) is 4.72. The van der Waals surface area contributed by atoms with Gasteiger partial charge in [0.1, 0.15) is 0 Å². The van der Waals surface area contributed by atoms with Crippen LogP contribution in [0.5, 0.6) is 0 Å². The molecule has 0 aromatic carbocycles. The number of carbonyl (C=O) groups is 1. The van der Waals surface area contributed by atoms with Crippen molar-refractivity contribution in [3.63, 3.8) is 0 Å². The third-order valence-electron chi connectivity index (χ3n) is 0.701. The van der Waals surface area contributed by atoms with Crippen LogP contribution in [0.4, 0.5) is 0 Å². The summed E-state index contributed by atoms with van der Waals surface area (Å²) in [6.07, 6.45) is 2.47. The molecule has 0 atom stereocenters. The summed E-state index contributed by atoms with van der Waals surface area (Å²) in [5, 5.41) is 8.37. The molecule has 0 bridgehead atoms. The first kappa shape index (κ1) is 8.55. The Bertz CT molecular complexity index is 194. The maximum atomic E-state index is 10.2. The molecular weight excluding hydrogens is 132 g/mol. The van der Waals surface area contributed by atoms with Gasteiger partial charge in [0.25, 0.3) is 0 Å². The van der Waals surface area contributed by atoms with E-state index in [1.165, 1.54) is 6.21 Å². The number of hydrogen-bond donors (Lipinski definition) is 1. The summed E-state index contributed by atoms with van der Waals surface area (Å²) in [5.41, 5.74) is -0.113. The van der Waals surface area contributed by atoms with Gasteiger partial charge in [-0.05, 0) is 13.6 Å². The Balaban J connectivity index is 4.41. The summed E-state index contributed by atoms with van der Waals surface area (Å²) in [7, 11) is 0. The fraction of sp³-hybridized carbons (Fsp3) is 0.167. The average molecular weight is 140 g/mol. The largest absolute Gasteiger partial charge is 0.476 e. The highest BCUT2D eigenvalue weighted by atomic mass is 16.4. The third-order valence-corrected chi connectivity index (χ3v) is 0.701. The van der Waals surface area contributed by atoms with Crippen molar-refractivity contribution in [2.24, 2.45) is 9.98 Å². The maximum Gasteiger partial charge on any atom is 0.356 e. The highest BCUT2D eigenvalue weighted by Gasteiger charge is 2.01. The van der Waals surface area contributed by atoms with Crippen LogP contribution in [0.25, 0.3) is 0 Å². The van der Waals surface area contributed by atoms with Crippen LogP contribution < -0.4 is 0 Å². The first-order valence-electron chi connectivity index (χ1n) is 2.60. The molecule has 10 heavy (non-hydrogen) atoms. The number of carboxylic acids is 1. The van der Waals surface area contributed by atoms with Crippen LogP contribution in [0, 0.1) is 0 Å². The molecule has 54 valence electrons. The molecule has 0 spiro atoms. The maximum absolute atomic E-state index is 10.2. The van der Waals surface area contributed by atoms with Crippen molar-refractivity contribution < 1.29 is 9.90 Å². The quantitative estimate of drug-likeness (QED) is 0.463. The van der Waals surface area contributed by atoms with Crippen molar-refractivity contribution in [2.45, 2.75) is 6.92 Å². The van der Waals surface area contributed by atoms with Crippen LogP contribution >= 0.6 is 0 Å². The summed E-state index contributed by atoms with van der Waals surface area (Å²) in [5.74, 6) is -1.11. The first-order valence-corrected chi connectivity index (χ1v) is 2.60. The lowest BCUT2D eigenvalue weighted by Crippen LogP contribution is -1.96. The molecule has 4 nitrogen and oxygen atoms in total. The normalized spacial score (nSPS) is 11.9. The minimum atomic E-state index is -1.11. The van der Waals surface area contributed by atoms with Crippen molar-refractivity contribution >= 4 is 18.9 Å². The summed E-state index contributed by atoms with van der Waals surface area (Å²) < 4.78 is 0. The van der Waals surface area contributed by atoms with Gasteiger partial charge in [0.2, 0.25) is 0 Å². The molecule has 0 rings (SSSR count). The van der Waals surface area contributed by atoms with Gasteiger partial charge < -0.3 is 5.11 Å². The monoisotopic (exact) mass is 140 g/mol. The molecule has 0 aliphatic carbocycles. The van der Waals surface area contributed by atoms with Gasteiger partial charge in [0, 0.05) is 6.21 Å². The van der Waals surface area contributed by atoms with Crippen LogP contribution in [0.15, 0.2) is 21.9 Å². The zero-order chi connectivity index (χ0) is 7.98. The number of nitrogens with zero attached hydrogens (tertiary/aromatic N) is 2. The summed E-state index contributed by atoms with van der Waals surface area (Å²) in [4.78, 5) is 17.0. The van der Waals surface area contributed by atoms with E-state index in [-0.39, 0.29) is 5.70 Å². The second-order valence-electron chi connectivity index (χ2n) is 1.39. The topological polar surface area (TPSA) is 62.0 Å². The SMILES string of the molecule is C=N/C=C(\N=C/C)C(=O)O. The van der Waals surface area contributed by atoms with E-state index in [0.29, 0.717) is 0 Å². The molecule has 0 amide bonds. The Labute approximate surface area is 58.6 Å². The molecule has 0 aromatic rings. The highest BCUT2D eigenvalue weighted by Crippen LogP contribution is 1.94. The zero-order valence-corrected chi connectivity index (χ0v) is 5.61. The zero-order valence-electron chi connectivity index (χ0n) is 5.61. The molecular formula is C6H8N2O2. The van der Waals surface area contributed by atoms with E-state index in [1.54, 1.807) is 6.92 Å². The standard InChI is InChI=1S/C6H8N2O2/c1-3-8-5(4-7-2)6(9)10/h3-4H,2H2,1H3,(H,9,10)/b5-4-,8-3-. The third kappa shape index (κ3) is 2.76. The Morgan fingerprint density at radius 2 is 2.30 bits per heavy atom. The van der Waals surface area contributed by atoms with Gasteiger partial charge >= 0.3 is 5.97 Å². The van der Waals surface area contributed by atoms with E-state index in [2.05, 4.69) is 16.7 Å². The molecule has 0 unspecified atom stereocenters. The molecule has 1 N–H and O–H groups in total. The minimum absolute atomic E-state index is 0.113. The second-order valence-corrected chi connectivity index (χ2v) is 1.39. The minimum Gasteiger partial charge on any atom is -0.476 e. The Kier molecular flexibility index (Phi) is 3.79. The summed E-state index contributed by atoms with van der Waals surface area (Å²) >= 11 is 0. The van der Waals surface area contributed by atoms with E-state index in [1.807, 2.05) is 0 Å². The smallest absolute Gasteiger partial charge is 0.356 e. The van der Waals surface area contributed by atoms with E-state index < -0.39 is 5.97 Å². The van der Waals surface area contributed by atoms with Gasteiger partial charge in [-0.3, -0.25) is 9.98 Å². The van der Waals surface area contributed by atoms with Crippen LogP contribution in [0.2, 0.25) is 0 Å². The molecule has 0 fully saturated rings. The van der Waals surface area contributed by atoms with Gasteiger partial charge in [-0.25, -0.2) is 4.79 Å². The highest BCUT2D eigenvalue weighted by molar-refractivity contribution is 5.87. The van der Waals surface area contributed by atoms with E-state index in [0.717, 1.165) is 6.20 Å². The molecule has 0 aromatic heterocycles. The van der Waals surface area contributed by atoms with Gasteiger partial charge in [0.15, 0.2) is 5.70 Å². The van der Waals surface area contributed by atoms with Crippen LogP contribution in [0.1, 0.15) is 6.92 Å². The molecule has 4 heteroatoms. The van der Waals surface area contributed by atoms with Gasteiger partial charge in [-0.15, -0.1) is 0 Å². The second kappa shape index (κ2) is 4.43. The molecule has 0 radical (unpaired) electrons. The van der Waals surface area contributed by atoms with Crippen molar-refractivity contribution in [1.29, 1.82) is 0 Å². The Morgan fingerprint density at radius 1 is 1.70 bits per heavy atom. The Morgan fingerprint density at radius 3 is 2.60 bits per heavy atom. The number of hydrogen-bond acceptors (Lipinski definition) is 3. The Hall–Kier alpha value is -1.45. The van der Waals surface area contributed by atoms with Crippen molar-refractivity contribution in [3.8, 4) is 0 Å². The summed E-state index contributed by atoms with van der Waals surface area (Å²) in [6, 6.07) is 0. The van der Waals surface area contributed by atoms with Crippen LogP contribution in [-0.2, 0) is 4.79 Å². The fourth-order valence-electron chi connectivity index (χ4n) is 0.369. The van der Waals surface area contributed by atoms with E-state index in [4.69, 9.17) is 5.11 Å². The van der Waals surface area contributed by atoms with Gasteiger partial charge in [-0.1, -0.05) is 0 Å². The predicted octanol–water partition coefficient (Wildman–Crippen LogP) is 0.704. The van der Waals surface area contributed by atoms with Gasteiger partial charge in [0.05, 0.1) is 6.20 Å². The van der Waals surface area contributed by atoms with E-state index >= 15 is 0 Å². The predicted molar refractivity (Wildman–Crippen MR) is 39.4 cm³/mol. The van der Waals surface area contributed by atoms with Gasteiger partial charge in [-0.2, -0.15) is 0 Å². The average Bonchev–Trinajstić information content (AvgIpc) is 1.87. The molecule has 0 saturated heterocycles. The lowest BCUT2D eigenvalue weighted by atomic mass is 10.5. The summed E-state index contributed by atoms with van der Waals surface area (Å²) in [6.45, 7) is 4.73.